The minimum absolute atomic E-state index is 0.156. The zero-order chi connectivity index (χ0) is 16.9. The standard InChI is InChI=1S/C18H18N4O2/c19-13-14-5-7-15(8-6-14)20-18(24)22-11-9-21(10-12-22)16-3-1-2-4-17(16)23/h1-8,23H,9-12H2,(H,20,24). The molecule has 1 saturated heterocycles. The average molecular weight is 322 g/mol. The molecule has 24 heavy (non-hydrogen) atoms. The maximum atomic E-state index is 12.3. The Hall–Kier alpha value is -3.20. The first-order valence-electron chi connectivity index (χ1n) is 7.76. The fourth-order valence-electron chi connectivity index (χ4n) is 2.71. The molecule has 0 aromatic heterocycles. The molecule has 1 aliphatic heterocycles. The van der Waals surface area contributed by atoms with Crippen LogP contribution in [0.25, 0.3) is 0 Å². The van der Waals surface area contributed by atoms with Crippen LogP contribution in [-0.2, 0) is 0 Å². The summed E-state index contributed by atoms with van der Waals surface area (Å²) in [7, 11) is 0. The molecule has 0 radical (unpaired) electrons. The summed E-state index contributed by atoms with van der Waals surface area (Å²) in [5, 5.41) is 21.5. The second-order valence-corrected chi connectivity index (χ2v) is 5.58. The Morgan fingerprint density at radius 2 is 1.71 bits per heavy atom. The van der Waals surface area contributed by atoms with E-state index in [2.05, 4.69) is 10.2 Å². The predicted octanol–water partition coefficient (Wildman–Crippen LogP) is 2.62. The number of hydrogen-bond donors (Lipinski definition) is 2. The van der Waals surface area contributed by atoms with Gasteiger partial charge in [0.1, 0.15) is 5.75 Å². The second-order valence-electron chi connectivity index (χ2n) is 5.58. The predicted molar refractivity (Wildman–Crippen MR) is 92.1 cm³/mol. The van der Waals surface area contributed by atoms with Crippen molar-refractivity contribution in [3.05, 3.63) is 54.1 Å². The third kappa shape index (κ3) is 3.41. The Kier molecular flexibility index (Phi) is 4.52. The largest absolute Gasteiger partial charge is 0.506 e. The number of rotatable bonds is 2. The van der Waals surface area contributed by atoms with Crippen LogP contribution in [0, 0.1) is 11.3 Å². The number of para-hydroxylation sites is 2. The first kappa shape index (κ1) is 15.7. The van der Waals surface area contributed by atoms with Crippen LogP contribution in [0.2, 0.25) is 0 Å². The minimum Gasteiger partial charge on any atom is -0.506 e. The Morgan fingerprint density at radius 1 is 1.04 bits per heavy atom. The number of amides is 2. The van der Waals surface area contributed by atoms with E-state index >= 15 is 0 Å². The first-order chi connectivity index (χ1) is 11.7. The molecule has 1 aliphatic rings. The molecule has 2 aromatic rings. The summed E-state index contributed by atoms with van der Waals surface area (Å²) in [6.45, 7) is 2.49. The third-order valence-electron chi connectivity index (χ3n) is 4.05. The van der Waals surface area contributed by atoms with Crippen molar-refractivity contribution in [3.63, 3.8) is 0 Å². The number of phenols is 1. The molecule has 6 heteroatoms. The number of aromatic hydroxyl groups is 1. The zero-order valence-electron chi connectivity index (χ0n) is 13.1. The van der Waals surface area contributed by atoms with E-state index in [-0.39, 0.29) is 11.8 Å². The Balaban J connectivity index is 1.57. The molecule has 122 valence electrons. The highest BCUT2D eigenvalue weighted by molar-refractivity contribution is 5.89. The van der Waals surface area contributed by atoms with Gasteiger partial charge in [0.15, 0.2) is 0 Å². The average Bonchev–Trinajstić information content (AvgIpc) is 2.63. The number of hydrogen-bond acceptors (Lipinski definition) is 4. The number of benzene rings is 2. The number of carbonyl (C=O) groups is 1. The molecule has 2 amide bonds. The lowest BCUT2D eigenvalue weighted by Crippen LogP contribution is -2.50. The molecule has 0 spiro atoms. The molecule has 1 fully saturated rings. The van der Waals surface area contributed by atoms with Gasteiger partial charge in [-0.15, -0.1) is 0 Å². The van der Waals surface area contributed by atoms with Crippen molar-refractivity contribution in [2.45, 2.75) is 0 Å². The Labute approximate surface area is 140 Å². The van der Waals surface area contributed by atoms with Gasteiger partial charge in [-0.1, -0.05) is 12.1 Å². The van der Waals surface area contributed by atoms with E-state index in [9.17, 15) is 9.90 Å². The number of nitrogens with one attached hydrogen (secondary N) is 1. The Morgan fingerprint density at radius 3 is 2.33 bits per heavy atom. The lowest BCUT2D eigenvalue weighted by atomic mass is 10.2. The SMILES string of the molecule is N#Cc1ccc(NC(=O)N2CCN(c3ccccc3O)CC2)cc1. The summed E-state index contributed by atoms with van der Waals surface area (Å²) in [6.07, 6.45) is 0. The van der Waals surface area contributed by atoms with Crippen LogP contribution in [0.4, 0.5) is 16.2 Å². The monoisotopic (exact) mass is 322 g/mol. The van der Waals surface area contributed by atoms with Crippen LogP contribution in [0.1, 0.15) is 5.56 Å². The number of carbonyl (C=O) groups excluding carboxylic acids is 1. The lowest BCUT2D eigenvalue weighted by molar-refractivity contribution is 0.208. The van der Waals surface area contributed by atoms with Crippen molar-refractivity contribution < 1.29 is 9.90 Å². The zero-order valence-corrected chi connectivity index (χ0v) is 13.1. The van der Waals surface area contributed by atoms with E-state index in [0.29, 0.717) is 37.4 Å². The summed E-state index contributed by atoms with van der Waals surface area (Å²) in [4.78, 5) is 16.1. The van der Waals surface area contributed by atoms with Gasteiger partial charge >= 0.3 is 6.03 Å². The van der Waals surface area contributed by atoms with Crippen molar-refractivity contribution in [1.29, 1.82) is 5.26 Å². The molecule has 6 nitrogen and oxygen atoms in total. The molecule has 0 saturated carbocycles. The number of phenolic OH excluding ortho intramolecular Hbond substituents is 1. The molecule has 0 unspecified atom stereocenters. The normalized spacial score (nSPS) is 14.1. The maximum Gasteiger partial charge on any atom is 0.321 e. The Bertz CT molecular complexity index is 759. The van der Waals surface area contributed by atoms with Crippen LogP contribution in [-0.4, -0.2) is 42.2 Å². The van der Waals surface area contributed by atoms with Crippen molar-refractivity contribution in [1.82, 2.24) is 4.90 Å². The summed E-state index contributed by atoms with van der Waals surface area (Å²) < 4.78 is 0. The lowest BCUT2D eigenvalue weighted by Gasteiger charge is -2.36. The summed E-state index contributed by atoms with van der Waals surface area (Å²) in [5.74, 6) is 0.257. The van der Waals surface area contributed by atoms with Crippen molar-refractivity contribution >= 4 is 17.4 Å². The van der Waals surface area contributed by atoms with Crippen molar-refractivity contribution in [3.8, 4) is 11.8 Å². The fourth-order valence-corrected chi connectivity index (χ4v) is 2.71. The van der Waals surface area contributed by atoms with Gasteiger partial charge in [0, 0.05) is 31.9 Å². The van der Waals surface area contributed by atoms with E-state index in [1.54, 1.807) is 41.3 Å². The summed E-state index contributed by atoms with van der Waals surface area (Å²) in [5.41, 5.74) is 2.02. The molecule has 0 atom stereocenters. The van der Waals surface area contributed by atoms with Crippen LogP contribution < -0.4 is 10.2 Å². The third-order valence-corrected chi connectivity index (χ3v) is 4.05. The second kappa shape index (κ2) is 6.92. The highest BCUT2D eigenvalue weighted by atomic mass is 16.3. The smallest absolute Gasteiger partial charge is 0.321 e. The van der Waals surface area contributed by atoms with Crippen LogP contribution in [0.3, 0.4) is 0 Å². The van der Waals surface area contributed by atoms with Crippen molar-refractivity contribution in [2.75, 3.05) is 36.4 Å². The molecule has 3 rings (SSSR count). The quantitative estimate of drug-likeness (QED) is 0.891. The van der Waals surface area contributed by atoms with E-state index < -0.39 is 0 Å². The van der Waals surface area contributed by atoms with E-state index in [1.165, 1.54) is 0 Å². The van der Waals surface area contributed by atoms with E-state index in [4.69, 9.17) is 5.26 Å². The van der Waals surface area contributed by atoms with Gasteiger partial charge in [0.2, 0.25) is 0 Å². The van der Waals surface area contributed by atoms with Gasteiger partial charge in [-0.3, -0.25) is 0 Å². The molecule has 0 bridgehead atoms. The van der Waals surface area contributed by atoms with Gasteiger partial charge in [-0.05, 0) is 36.4 Å². The molecule has 0 aliphatic carbocycles. The van der Waals surface area contributed by atoms with E-state index in [1.807, 2.05) is 18.2 Å². The number of urea groups is 1. The topological polar surface area (TPSA) is 79.6 Å². The van der Waals surface area contributed by atoms with Gasteiger partial charge in [-0.2, -0.15) is 5.26 Å². The molecule has 1 heterocycles. The van der Waals surface area contributed by atoms with Gasteiger partial charge in [0.25, 0.3) is 0 Å². The van der Waals surface area contributed by atoms with Gasteiger partial charge < -0.3 is 20.2 Å². The van der Waals surface area contributed by atoms with Crippen LogP contribution >= 0.6 is 0 Å². The summed E-state index contributed by atoms with van der Waals surface area (Å²) in [6, 6.07) is 15.9. The summed E-state index contributed by atoms with van der Waals surface area (Å²) >= 11 is 0. The molecular weight excluding hydrogens is 304 g/mol. The molecular formula is C18H18N4O2. The number of piperazine rings is 1. The highest BCUT2D eigenvalue weighted by Crippen LogP contribution is 2.27. The van der Waals surface area contributed by atoms with Gasteiger partial charge in [0.05, 0.1) is 17.3 Å². The van der Waals surface area contributed by atoms with Crippen molar-refractivity contribution in [2.24, 2.45) is 0 Å². The molecule has 2 N–H and O–H groups in total. The van der Waals surface area contributed by atoms with Crippen LogP contribution in [0.5, 0.6) is 5.75 Å². The number of nitriles is 1. The maximum absolute atomic E-state index is 12.3. The van der Waals surface area contributed by atoms with Gasteiger partial charge in [-0.25, -0.2) is 4.79 Å². The minimum atomic E-state index is -0.156. The number of anilines is 2. The van der Waals surface area contributed by atoms with E-state index in [0.717, 1.165) is 5.69 Å². The molecule has 2 aromatic carbocycles. The fraction of sp³-hybridized carbons (Fsp3) is 0.222. The highest BCUT2D eigenvalue weighted by Gasteiger charge is 2.22. The number of nitrogens with zero attached hydrogens (tertiary/aromatic N) is 3. The van der Waals surface area contributed by atoms with Crippen LogP contribution in [0.15, 0.2) is 48.5 Å². The first-order valence-corrected chi connectivity index (χ1v) is 7.76.